The van der Waals surface area contributed by atoms with Crippen LogP contribution in [0.4, 0.5) is 10.1 Å². The predicted molar refractivity (Wildman–Crippen MR) is 77.4 cm³/mol. The Morgan fingerprint density at radius 3 is 2.90 bits per heavy atom. The van der Waals surface area contributed by atoms with Crippen LogP contribution < -0.4 is 5.32 Å². The summed E-state index contributed by atoms with van der Waals surface area (Å²) in [5.41, 5.74) is 0.628. The molecule has 6 heteroatoms. The van der Waals surface area contributed by atoms with Crippen molar-refractivity contribution in [1.29, 1.82) is 5.26 Å². The SMILES string of the molecule is N#Cc1ccc(NC2=NC3(CCOCC3)CS2)c(F)c1. The number of ether oxygens (including phenoxy) is 1. The van der Waals surface area contributed by atoms with E-state index in [9.17, 15) is 4.39 Å². The average molecular weight is 291 g/mol. The molecule has 1 N–H and O–H groups in total. The Bertz CT molecular complexity index is 591. The van der Waals surface area contributed by atoms with Crippen molar-refractivity contribution in [2.45, 2.75) is 18.4 Å². The van der Waals surface area contributed by atoms with E-state index in [1.807, 2.05) is 6.07 Å². The first-order chi connectivity index (χ1) is 9.71. The fourth-order valence-electron chi connectivity index (χ4n) is 2.36. The Hall–Kier alpha value is -1.58. The summed E-state index contributed by atoms with van der Waals surface area (Å²) < 4.78 is 19.2. The highest BCUT2D eigenvalue weighted by atomic mass is 32.2. The van der Waals surface area contributed by atoms with E-state index in [2.05, 4.69) is 5.32 Å². The minimum Gasteiger partial charge on any atom is -0.381 e. The van der Waals surface area contributed by atoms with Crippen LogP contribution in [0.2, 0.25) is 0 Å². The van der Waals surface area contributed by atoms with Crippen LogP contribution >= 0.6 is 11.8 Å². The molecule has 20 heavy (non-hydrogen) atoms. The van der Waals surface area contributed by atoms with Crippen LogP contribution in [-0.4, -0.2) is 29.7 Å². The van der Waals surface area contributed by atoms with E-state index in [0.29, 0.717) is 11.3 Å². The molecule has 3 rings (SSSR count). The van der Waals surface area contributed by atoms with Crippen LogP contribution in [0.15, 0.2) is 23.2 Å². The number of benzene rings is 1. The molecular formula is C14H14FN3OS. The molecule has 1 aromatic carbocycles. The lowest BCUT2D eigenvalue weighted by atomic mass is 9.93. The fourth-order valence-corrected chi connectivity index (χ4v) is 3.55. The molecule has 0 aromatic heterocycles. The summed E-state index contributed by atoms with van der Waals surface area (Å²) in [7, 11) is 0. The van der Waals surface area contributed by atoms with Gasteiger partial charge in [-0.1, -0.05) is 11.8 Å². The second-order valence-electron chi connectivity index (χ2n) is 4.97. The molecule has 0 atom stereocenters. The van der Waals surface area contributed by atoms with Gasteiger partial charge in [0, 0.05) is 19.0 Å². The lowest BCUT2D eigenvalue weighted by molar-refractivity contribution is 0.0624. The topological polar surface area (TPSA) is 57.4 Å². The maximum Gasteiger partial charge on any atom is 0.161 e. The van der Waals surface area contributed by atoms with Crippen molar-refractivity contribution in [2.24, 2.45) is 4.99 Å². The molecule has 0 amide bonds. The number of aliphatic imine (C=N–C) groups is 1. The monoisotopic (exact) mass is 291 g/mol. The predicted octanol–water partition coefficient (Wildman–Crippen LogP) is 2.76. The first kappa shape index (κ1) is 13.4. The van der Waals surface area contributed by atoms with Crippen molar-refractivity contribution in [1.82, 2.24) is 0 Å². The molecule has 0 radical (unpaired) electrons. The summed E-state index contributed by atoms with van der Waals surface area (Å²) in [6.07, 6.45) is 1.84. The van der Waals surface area contributed by atoms with Gasteiger partial charge in [0.25, 0.3) is 0 Å². The van der Waals surface area contributed by atoms with E-state index in [1.165, 1.54) is 6.07 Å². The van der Waals surface area contributed by atoms with Gasteiger partial charge in [-0.15, -0.1) is 0 Å². The van der Waals surface area contributed by atoms with Gasteiger partial charge in [0.1, 0.15) is 5.82 Å². The van der Waals surface area contributed by atoms with Crippen LogP contribution in [0, 0.1) is 17.1 Å². The summed E-state index contributed by atoms with van der Waals surface area (Å²) in [5.74, 6) is 0.483. The second kappa shape index (κ2) is 5.43. The van der Waals surface area contributed by atoms with Gasteiger partial charge >= 0.3 is 0 Å². The molecule has 4 nitrogen and oxygen atoms in total. The average Bonchev–Trinajstić information content (AvgIpc) is 2.84. The Morgan fingerprint density at radius 2 is 2.20 bits per heavy atom. The van der Waals surface area contributed by atoms with E-state index < -0.39 is 5.82 Å². The molecule has 1 fully saturated rings. The second-order valence-corrected chi connectivity index (χ2v) is 5.94. The summed E-state index contributed by atoms with van der Waals surface area (Å²) >= 11 is 1.61. The zero-order valence-corrected chi connectivity index (χ0v) is 11.7. The zero-order chi connectivity index (χ0) is 14.0. The molecule has 0 saturated carbocycles. The third-order valence-corrected chi connectivity index (χ3v) is 4.73. The summed E-state index contributed by atoms with van der Waals surface area (Å²) in [4.78, 5) is 4.71. The molecule has 2 heterocycles. The molecule has 0 bridgehead atoms. The number of amidine groups is 1. The molecular weight excluding hydrogens is 277 g/mol. The molecule has 0 aliphatic carbocycles. The highest BCUT2D eigenvalue weighted by Crippen LogP contribution is 2.36. The van der Waals surface area contributed by atoms with Crippen molar-refractivity contribution >= 4 is 22.6 Å². The minimum atomic E-state index is -0.430. The van der Waals surface area contributed by atoms with E-state index in [1.54, 1.807) is 23.9 Å². The van der Waals surface area contributed by atoms with Crippen molar-refractivity contribution in [3.63, 3.8) is 0 Å². The molecule has 1 spiro atoms. The van der Waals surface area contributed by atoms with E-state index in [0.717, 1.165) is 37.0 Å². The number of hydrogen-bond donors (Lipinski definition) is 1. The van der Waals surface area contributed by atoms with Crippen LogP contribution in [0.25, 0.3) is 0 Å². The Kier molecular flexibility index (Phi) is 3.64. The van der Waals surface area contributed by atoms with Crippen molar-refractivity contribution in [2.75, 3.05) is 24.3 Å². The van der Waals surface area contributed by atoms with Gasteiger partial charge in [-0.3, -0.25) is 4.99 Å². The molecule has 1 saturated heterocycles. The highest BCUT2D eigenvalue weighted by molar-refractivity contribution is 8.14. The van der Waals surface area contributed by atoms with Gasteiger partial charge in [-0.25, -0.2) is 4.39 Å². The smallest absolute Gasteiger partial charge is 0.161 e. The minimum absolute atomic E-state index is 0.0473. The quantitative estimate of drug-likeness (QED) is 0.864. The lowest BCUT2D eigenvalue weighted by Gasteiger charge is -2.29. The maximum atomic E-state index is 13.8. The van der Waals surface area contributed by atoms with Gasteiger partial charge in [-0.05, 0) is 31.0 Å². The first-order valence-electron chi connectivity index (χ1n) is 6.48. The summed E-state index contributed by atoms with van der Waals surface area (Å²) in [5, 5.41) is 12.5. The third kappa shape index (κ3) is 2.65. The molecule has 1 aromatic rings. The highest BCUT2D eigenvalue weighted by Gasteiger charge is 2.37. The number of nitrogens with zero attached hydrogens (tertiary/aromatic N) is 2. The van der Waals surface area contributed by atoms with Crippen molar-refractivity contribution in [3.8, 4) is 6.07 Å². The van der Waals surface area contributed by atoms with Crippen LogP contribution in [0.1, 0.15) is 18.4 Å². The number of anilines is 1. The van der Waals surface area contributed by atoms with Crippen LogP contribution in [0.5, 0.6) is 0 Å². The standard InChI is InChI=1S/C14H14FN3OS/c15-11-7-10(8-16)1-2-12(11)17-13-18-14(9-20-13)3-5-19-6-4-14/h1-2,7H,3-6,9H2,(H,17,18). The number of hydrogen-bond acceptors (Lipinski definition) is 5. The number of nitrogens with one attached hydrogen (secondary N) is 1. The molecule has 0 unspecified atom stereocenters. The number of halogens is 1. The van der Waals surface area contributed by atoms with Crippen molar-refractivity contribution < 1.29 is 9.13 Å². The Labute approximate surface area is 121 Å². The Balaban J connectivity index is 1.75. The van der Waals surface area contributed by atoms with Crippen LogP contribution in [0.3, 0.4) is 0 Å². The number of thioether (sulfide) groups is 1. The lowest BCUT2D eigenvalue weighted by Crippen LogP contribution is -2.34. The van der Waals surface area contributed by atoms with Gasteiger partial charge < -0.3 is 10.1 Å². The van der Waals surface area contributed by atoms with Gasteiger partial charge in [0.05, 0.1) is 22.9 Å². The maximum absolute atomic E-state index is 13.8. The summed E-state index contributed by atoms with van der Waals surface area (Å²) in [6, 6.07) is 6.32. The molecule has 2 aliphatic rings. The van der Waals surface area contributed by atoms with E-state index >= 15 is 0 Å². The summed E-state index contributed by atoms with van der Waals surface area (Å²) in [6.45, 7) is 1.48. The third-order valence-electron chi connectivity index (χ3n) is 3.58. The first-order valence-corrected chi connectivity index (χ1v) is 7.46. The van der Waals surface area contributed by atoms with Gasteiger partial charge in [0.2, 0.25) is 0 Å². The fraction of sp³-hybridized carbons (Fsp3) is 0.429. The molecule has 2 aliphatic heterocycles. The molecule has 104 valence electrons. The normalized spacial score (nSPS) is 20.5. The number of rotatable bonds is 1. The van der Waals surface area contributed by atoms with Crippen molar-refractivity contribution in [3.05, 3.63) is 29.6 Å². The Morgan fingerprint density at radius 1 is 1.40 bits per heavy atom. The number of nitriles is 1. The van der Waals surface area contributed by atoms with Gasteiger partial charge in [0.15, 0.2) is 5.17 Å². The van der Waals surface area contributed by atoms with E-state index in [-0.39, 0.29) is 5.54 Å². The van der Waals surface area contributed by atoms with Crippen LogP contribution in [-0.2, 0) is 4.74 Å². The van der Waals surface area contributed by atoms with Gasteiger partial charge in [-0.2, -0.15) is 5.26 Å². The zero-order valence-electron chi connectivity index (χ0n) is 10.9. The van der Waals surface area contributed by atoms with E-state index in [4.69, 9.17) is 15.0 Å². The largest absolute Gasteiger partial charge is 0.381 e.